The van der Waals surface area contributed by atoms with Crippen LogP contribution in [0.5, 0.6) is 0 Å². The highest BCUT2D eigenvalue weighted by molar-refractivity contribution is 6.30. The van der Waals surface area contributed by atoms with E-state index in [4.69, 9.17) is 11.6 Å². The van der Waals surface area contributed by atoms with Crippen molar-refractivity contribution in [2.24, 2.45) is 0 Å². The standard InChI is InChI=1S/C6H12ClNO/c1-3-4-8-6(9)5(2)7/h5H,3-4H2,1-2H3,(H,8,9). The van der Waals surface area contributed by atoms with Gasteiger partial charge in [0, 0.05) is 6.54 Å². The molecule has 0 aromatic carbocycles. The van der Waals surface area contributed by atoms with Gasteiger partial charge in [-0.05, 0) is 13.3 Å². The van der Waals surface area contributed by atoms with E-state index in [0.29, 0.717) is 0 Å². The average Bonchev–Trinajstić information content (AvgIpc) is 1.82. The first-order valence-electron chi connectivity index (χ1n) is 3.10. The third kappa shape index (κ3) is 4.28. The molecule has 1 atom stereocenters. The zero-order valence-electron chi connectivity index (χ0n) is 5.78. The molecule has 0 aliphatic carbocycles. The van der Waals surface area contributed by atoms with Gasteiger partial charge < -0.3 is 5.32 Å². The number of rotatable bonds is 3. The summed E-state index contributed by atoms with van der Waals surface area (Å²) in [5.74, 6) is -0.0847. The van der Waals surface area contributed by atoms with Gasteiger partial charge in [-0.15, -0.1) is 11.6 Å². The van der Waals surface area contributed by atoms with Crippen molar-refractivity contribution < 1.29 is 4.79 Å². The molecule has 0 spiro atoms. The van der Waals surface area contributed by atoms with Crippen LogP contribution in [0.25, 0.3) is 0 Å². The number of alkyl halides is 1. The summed E-state index contributed by atoms with van der Waals surface area (Å²) in [6.07, 6.45) is 0.954. The van der Waals surface area contributed by atoms with Gasteiger partial charge in [0.1, 0.15) is 5.38 Å². The van der Waals surface area contributed by atoms with Crippen LogP contribution in [0.15, 0.2) is 0 Å². The predicted molar refractivity (Wildman–Crippen MR) is 38.6 cm³/mol. The van der Waals surface area contributed by atoms with E-state index in [2.05, 4.69) is 5.32 Å². The van der Waals surface area contributed by atoms with Crippen molar-refractivity contribution >= 4 is 17.5 Å². The first-order chi connectivity index (χ1) is 4.18. The van der Waals surface area contributed by atoms with Crippen LogP contribution in [-0.2, 0) is 4.79 Å². The molecule has 0 heterocycles. The Hall–Kier alpha value is -0.240. The van der Waals surface area contributed by atoms with Crippen LogP contribution in [0.2, 0.25) is 0 Å². The Kier molecular flexibility index (Phi) is 4.50. The lowest BCUT2D eigenvalue weighted by Gasteiger charge is -2.02. The van der Waals surface area contributed by atoms with Gasteiger partial charge in [-0.3, -0.25) is 4.79 Å². The summed E-state index contributed by atoms with van der Waals surface area (Å²) in [5.41, 5.74) is 0. The fourth-order valence-corrected chi connectivity index (χ4v) is 0.466. The van der Waals surface area contributed by atoms with Crippen molar-refractivity contribution in [1.82, 2.24) is 5.32 Å². The SMILES string of the molecule is CCCNC(=O)C(C)Cl. The average molecular weight is 150 g/mol. The van der Waals surface area contributed by atoms with Crippen molar-refractivity contribution in [1.29, 1.82) is 0 Å². The Balaban J connectivity index is 3.28. The summed E-state index contributed by atoms with van der Waals surface area (Å²) in [5, 5.41) is 2.25. The Morgan fingerprint density at radius 1 is 1.78 bits per heavy atom. The molecule has 0 aromatic rings. The number of amides is 1. The summed E-state index contributed by atoms with van der Waals surface area (Å²) in [4.78, 5) is 10.7. The topological polar surface area (TPSA) is 29.1 Å². The maximum atomic E-state index is 10.7. The summed E-state index contributed by atoms with van der Waals surface area (Å²) < 4.78 is 0. The summed E-state index contributed by atoms with van der Waals surface area (Å²) >= 11 is 5.45. The summed E-state index contributed by atoms with van der Waals surface area (Å²) in [7, 11) is 0. The van der Waals surface area contributed by atoms with Crippen LogP contribution in [-0.4, -0.2) is 17.8 Å². The number of hydrogen-bond donors (Lipinski definition) is 1. The monoisotopic (exact) mass is 149 g/mol. The van der Waals surface area contributed by atoms with Gasteiger partial charge in [-0.2, -0.15) is 0 Å². The predicted octanol–water partition coefficient (Wildman–Crippen LogP) is 1.14. The third-order valence-electron chi connectivity index (χ3n) is 0.911. The number of nitrogens with one attached hydrogen (secondary N) is 1. The van der Waals surface area contributed by atoms with E-state index in [9.17, 15) is 4.79 Å². The van der Waals surface area contributed by atoms with Crippen molar-refractivity contribution in [2.75, 3.05) is 6.54 Å². The third-order valence-corrected chi connectivity index (χ3v) is 1.11. The van der Waals surface area contributed by atoms with Crippen molar-refractivity contribution in [3.05, 3.63) is 0 Å². The lowest BCUT2D eigenvalue weighted by molar-refractivity contribution is -0.120. The van der Waals surface area contributed by atoms with E-state index in [1.807, 2.05) is 6.92 Å². The maximum Gasteiger partial charge on any atom is 0.237 e. The molecule has 1 amide bonds. The van der Waals surface area contributed by atoms with Gasteiger partial charge in [0.05, 0.1) is 0 Å². The highest BCUT2D eigenvalue weighted by Crippen LogP contribution is 1.91. The molecule has 1 unspecified atom stereocenters. The van der Waals surface area contributed by atoms with Crippen molar-refractivity contribution in [2.45, 2.75) is 25.6 Å². The fraction of sp³-hybridized carbons (Fsp3) is 0.833. The Morgan fingerprint density at radius 2 is 2.33 bits per heavy atom. The van der Waals surface area contributed by atoms with E-state index >= 15 is 0 Å². The Morgan fingerprint density at radius 3 is 2.67 bits per heavy atom. The molecule has 0 saturated carbocycles. The van der Waals surface area contributed by atoms with Crippen molar-refractivity contribution in [3.8, 4) is 0 Å². The van der Waals surface area contributed by atoms with Crippen molar-refractivity contribution in [3.63, 3.8) is 0 Å². The van der Waals surface area contributed by atoms with Gasteiger partial charge in [-0.1, -0.05) is 6.92 Å². The first-order valence-corrected chi connectivity index (χ1v) is 3.54. The number of carbonyl (C=O) groups excluding carboxylic acids is 1. The number of hydrogen-bond acceptors (Lipinski definition) is 1. The van der Waals surface area contributed by atoms with Crippen LogP contribution in [0, 0.1) is 0 Å². The lowest BCUT2D eigenvalue weighted by Crippen LogP contribution is -2.29. The van der Waals surface area contributed by atoms with Crippen LogP contribution < -0.4 is 5.32 Å². The second kappa shape index (κ2) is 4.62. The molecule has 2 nitrogen and oxygen atoms in total. The van der Waals surface area contributed by atoms with Crippen LogP contribution in [0.3, 0.4) is 0 Å². The van der Waals surface area contributed by atoms with Gasteiger partial charge in [0.25, 0.3) is 0 Å². The molecule has 0 rings (SSSR count). The maximum absolute atomic E-state index is 10.7. The molecule has 0 aliphatic heterocycles. The minimum Gasteiger partial charge on any atom is -0.355 e. The van der Waals surface area contributed by atoms with Gasteiger partial charge in [0.2, 0.25) is 5.91 Å². The molecule has 1 N–H and O–H groups in total. The van der Waals surface area contributed by atoms with E-state index in [-0.39, 0.29) is 5.91 Å². The molecule has 0 radical (unpaired) electrons. The molecule has 9 heavy (non-hydrogen) atoms. The number of carbonyl (C=O) groups is 1. The second-order valence-corrected chi connectivity index (χ2v) is 2.56. The second-order valence-electron chi connectivity index (χ2n) is 1.91. The largest absolute Gasteiger partial charge is 0.355 e. The molecule has 3 heteroatoms. The Labute approximate surface area is 60.6 Å². The molecule has 54 valence electrons. The molecule has 0 fully saturated rings. The van der Waals surface area contributed by atoms with Crippen LogP contribution in [0.1, 0.15) is 20.3 Å². The molecule has 0 aromatic heterocycles. The smallest absolute Gasteiger partial charge is 0.237 e. The first kappa shape index (κ1) is 8.76. The minimum absolute atomic E-state index is 0.0847. The molecule has 0 aliphatic rings. The van der Waals surface area contributed by atoms with E-state index < -0.39 is 5.38 Å². The van der Waals surface area contributed by atoms with Crippen LogP contribution in [0.4, 0.5) is 0 Å². The Bertz CT molecular complexity index is 93.1. The highest BCUT2D eigenvalue weighted by atomic mass is 35.5. The van der Waals surface area contributed by atoms with E-state index in [0.717, 1.165) is 13.0 Å². The van der Waals surface area contributed by atoms with E-state index in [1.54, 1.807) is 6.92 Å². The highest BCUT2D eigenvalue weighted by Gasteiger charge is 2.05. The zero-order valence-corrected chi connectivity index (χ0v) is 6.53. The van der Waals surface area contributed by atoms with E-state index in [1.165, 1.54) is 0 Å². The molecular formula is C6H12ClNO. The fourth-order valence-electron chi connectivity index (χ4n) is 0.389. The summed E-state index contributed by atoms with van der Waals surface area (Å²) in [6.45, 7) is 4.38. The van der Waals surface area contributed by atoms with Gasteiger partial charge >= 0.3 is 0 Å². The van der Waals surface area contributed by atoms with Gasteiger partial charge in [0.15, 0.2) is 0 Å². The van der Waals surface area contributed by atoms with Gasteiger partial charge in [-0.25, -0.2) is 0 Å². The molecule has 0 bridgehead atoms. The lowest BCUT2D eigenvalue weighted by atomic mass is 10.4. The molecular weight excluding hydrogens is 138 g/mol. The quantitative estimate of drug-likeness (QED) is 0.600. The zero-order chi connectivity index (χ0) is 7.28. The van der Waals surface area contributed by atoms with Crippen LogP contribution >= 0.6 is 11.6 Å². The molecule has 0 saturated heterocycles. The normalized spacial score (nSPS) is 12.8. The minimum atomic E-state index is -0.406. The summed E-state index contributed by atoms with van der Waals surface area (Å²) in [6, 6.07) is 0. The number of halogens is 1.